The number of hydrogen-bond acceptors (Lipinski definition) is 11. The summed E-state index contributed by atoms with van der Waals surface area (Å²) < 4.78 is 33.4. The second kappa shape index (κ2) is 28.1. The molecule has 384 valence electrons. The van der Waals surface area contributed by atoms with Crippen molar-refractivity contribution in [3.63, 3.8) is 0 Å². The molecule has 2 fully saturated rings. The number of ether oxygens (including phenoxy) is 5. The summed E-state index contributed by atoms with van der Waals surface area (Å²) in [6, 6.07) is 19.8. The van der Waals surface area contributed by atoms with E-state index in [9.17, 15) is 15.3 Å². The first-order valence-corrected chi connectivity index (χ1v) is 26.9. The lowest BCUT2D eigenvalue weighted by atomic mass is 9.55. The minimum absolute atomic E-state index is 0.00676. The van der Waals surface area contributed by atoms with Crippen LogP contribution in [0.3, 0.4) is 0 Å². The number of amides is 1. The second-order valence-corrected chi connectivity index (χ2v) is 19.8. The molecule has 7 rings (SSSR count). The van der Waals surface area contributed by atoms with Gasteiger partial charge in [0.25, 0.3) is 0 Å². The summed E-state index contributed by atoms with van der Waals surface area (Å²) in [5, 5.41) is 37.1. The maximum atomic E-state index is 15.1. The van der Waals surface area contributed by atoms with E-state index in [1.165, 1.54) is 38.5 Å². The first-order valence-electron chi connectivity index (χ1n) is 26.9. The summed E-state index contributed by atoms with van der Waals surface area (Å²) in [4.78, 5) is 23.3. The monoisotopic (exact) mass is 967 g/mol. The van der Waals surface area contributed by atoms with Crippen LogP contribution in [-0.4, -0.2) is 103 Å². The number of benzene rings is 3. The fourth-order valence-electron chi connectivity index (χ4n) is 11.5. The second-order valence-electron chi connectivity index (χ2n) is 19.8. The molecule has 1 saturated heterocycles. The average Bonchev–Trinajstić information content (AvgIpc) is 3.38. The number of aliphatic hydroxyl groups excluding tert-OH is 3. The van der Waals surface area contributed by atoms with Gasteiger partial charge in [-0.05, 0) is 103 Å². The van der Waals surface area contributed by atoms with Gasteiger partial charge >= 0.3 is 0 Å². The number of carbonyl (C=O) groups is 1. The minimum Gasteiger partial charge on any atom is -0.459 e. The molecule has 0 spiro atoms. The third kappa shape index (κ3) is 13.8. The molecule has 0 radical (unpaired) electrons. The SMILES string of the molecule is C=CCOC12Oc3ccc(Oc4ccc5ccccc5c4)cc3C3C(CCCCO)C(CCCCO)C=C(C(=NOC4CCCCO4)CC1N(CCOCCO)C(=O)CCCCCCCCCCC)C32. The largest absolute Gasteiger partial charge is 0.459 e. The summed E-state index contributed by atoms with van der Waals surface area (Å²) in [6.07, 6.45) is 21.9. The predicted molar refractivity (Wildman–Crippen MR) is 275 cm³/mol. The van der Waals surface area contributed by atoms with Gasteiger partial charge in [-0.1, -0.05) is 119 Å². The lowest BCUT2D eigenvalue weighted by Gasteiger charge is -2.60. The van der Waals surface area contributed by atoms with Crippen molar-refractivity contribution in [3.05, 3.63) is 90.5 Å². The van der Waals surface area contributed by atoms with Crippen molar-refractivity contribution in [2.75, 3.05) is 52.8 Å². The van der Waals surface area contributed by atoms with E-state index in [2.05, 4.69) is 49.9 Å². The van der Waals surface area contributed by atoms with Crippen LogP contribution < -0.4 is 9.47 Å². The molecule has 3 N–H and O–H groups in total. The third-order valence-corrected chi connectivity index (χ3v) is 14.9. The highest BCUT2D eigenvalue weighted by molar-refractivity contribution is 6.03. The van der Waals surface area contributed by atoms with Gasteiger partial charge in [-0.3, -0.25) is 4.79 Å². The number of rotatable bonds is 31. The lowest BCUT2D eigenvalue weighted by molar-refractivity contribution is -0.258. The number of unbranched alkanes of at least 4 members (excludes halogenated alkanes) is 10. The molecular formula is C58H82N2O10. The predicted octanol–water partition coefficient (Wildman–Crippen LogP) is 11.6. The number of fused-ring (bicyclic) bond motifs is 3. The third-order valence-electron chi connectivity index (χ3n) is 14.9. The van der Waals surface area contributed by atoms with Gasteiger partial charge in [0.1, 0.15) is 23.3 Å². The summed E-state index contributed by atoms with van der Waals surface area (Å²) in [6.45, 7) is 7.84. The Hall–Kier alpha value is -4.30. The van der Waals surface area contributed by atoms with E-state index in [0.717, 1.165) is 97.6 Å². The molecule has 0 bridgehead atoms. The highest BCUT2D eigenvalue weighted by Gasteiger charge is 2.65. The molecule has 0 aromatic heterocycles. The van der Waals surface area contributed by atoms with E-state index in [-0.39, 0.29) is 69.8 Å². The summed E-state index contributed by atoms with van der Waals surface area (Å²) in [7, 11) is 0. The van der Waals surface area contributed by atoms with Crippen LogP contribution >= 0.6 is 0 Å². The zero-order chi connectivity index (χ0) is 49.0. The molecule has 1 amide bonds. The molecule has 12 heteroatoms. The van der Waals surface area contributed by atoms with Gasteiger partial charge < -0.3 is 48.7 Å². The van der Waals surface area contributed by atoms with Crippen molar-refractivity contribution < 1.29 is 48.6 Å². The molecule has 3 aromatic rings. The number of oxime groups is 1. The maximum absolute atomic E-state index is 15.1. The molecule has 7 atom stereocenters. The number of nitrogens with zero attached hydrogens (tertiary/aromatic N) is 2. The Labute approximate surface area is 417 Å². The van der Waals surface area contributed by atoms with Gasteiger partial charge in [0.2, 0.25) is 18.0 Å². The Bertz CT molecular complexity index is 2140. The zero-order valence-electron chi connectivity index (χ0n) is 42.0. The van der Waals surface area contributed by atoms with Crippen molar-refractivity contribution in [3.8, 4) is 17.2 Å². The van der Waals surface area contributed by atoms with Crippen LogP contribution in [0.25, 0.3) is 10.8 Å². The van der Waals surface area contributed by atoms with Crippen LogP contribution in [0.1, 0.15) is 147 Å². The fourth-order valence-corrected chi connectivity index (χ4v) is 11.5. The van der Waals surface area contributed by atoms with Crippen molar-refractivity contribution in [2.24, 2.45) is 22.9 Å². The molecule has 2 aliphatic carbocycles. The van der Waals surface area contributed by atoms with Crippen LogP contribution in [-0.2, 0) is 23.8 Å². The van der Waals surface area contributed by atoms with Gasteiger partial charge in [0.15, 0.2) is 0 Å². The molecule has 2 heterocycles. The zero-order valence-corrected chi connectivity index (χ0v) is 42.0. The molecular weight excluding hydrogens is 885 g/mol. The Morgan fingerprint density at radius 3 is 2.33 bits per heavy atom. The van der Waals surface area contributed by atoms with Crippen molar-refractivity contribution in [2.45, 2.75) is 159 Å². The fraction of sp³-hybridized carbons (Fsp3) is 0.621. The summed E-state index contributed by atoms with van der Waals surface area (Å²) in [5.74, 6) is 0.149. The number of carbonyl (C=O) groups excluding carboxylic acids is 1. The highest BCUT2D eigenvalue weighted by atomic mass is 16.8. The molecule has 1 saturated carbocycles. The quantitative estimate of drug-likeness (QED) is 0.0323. The van der Waals surface area contributed by atoms with E-state index in [1.807, 2.05) is 35.2 Å². The van der Waals surface area contributed by atoms with Gasteiger partial charge in [0.05, 0.1) is 44.7 Å². The Morgan fingerprint density at radius 1 is 0.843 bits per heavy atom. The normalized spacial score (nSPS) is 24.3. The number of allylic oxidation sites excluding steroid dienone is 1. The van der Waals surface area contributed by atoms with Crippen LogP contribution in [0.4, 0.5) is 0 Å². The standard InChI is InChI=1S/C58H82N2O10/c1-3-5-6-7-8-9-10-11-12-25-54(64)60(31-37-65-38-34-63)53-42-51(59-70-55-26-17-20-36-66-55)49-40-45(23-15-18-32-61)48(24-16-19-33-62)56-50-41-47(68-46-28-27-43-21-13-14-22-44(43)39-46)29-30-52(50)69-58(53,57(49)56)67-35-4-2/h4,13-14,21-22,27-30,39-41,45,48,53,55-57,61-63H,2-3,5-12,15-20,23-26,31-38,42H2,1H3. The van der Waals surface area contributed by atoms with Crippen LogP contribution in [0.2, 0.25) is 0 Å². The van der Waals surface area contributed by atoms with Gasteiger partial charge in [0, 0.05) is 50.5 Å². The molecule has 7 unspecified atom stereocenters. The number of aliphatic hydroxyl groups is 3. The molecule has 3 aromatic carbocycles. The van der Waals surface area contributed by atoms with E-state index in [1.54, 1.807) is 6.08 Å². The molecule has 70 heavy (non-hydrogen) atoms. The van der Waals surface area contributed by atoms with E-state index in [4.69, 9.17) is 33.7 Å². The van der Waals surface area contributed by atoms with Gasteiger partial charge in [-0.25, -0.2) is 0 Å². The molecule has 2 aliphatic heterocycles. The Morgan fingerprint density at radius 2 is 1.59 bits per heavy atom. The van der Waals surface area contributed by atoms with E-state index < -0.39 is 24.0 Å². The highest BCUT2D eigenvalue weighted by Crippen LogP contribution is 2.62. The Kier molecular flexibility index (Phi) is 21.5. The van der Waals surface area contributed by atoms with Crippen LogP contribution in [0, 0.1) is 17.8 Å². The maximum Gasteiger partial charge on any atom is 0.239 e. The summed E-state index contributed by atoms with van der Waals surface area (Å²) >= 11 is 0. The molecule has 4 aliphatic rings. The van der Waals surface area contributed by atoms with Crippen molar-refractivity contribution in [1.82, 2.24) is 4.90 Å². The first-order chi connectivity index (χ1) is 34.4. The van der Waals surface area contributed by atoms with Crippen molar-refractivity contribution in [1.29, 1.82) is 0 Å². The minimum atomic E-state index is -1.39. The average molecular weight is 967 g/mol. The van der Waals surface area contributed by atoms with Gasteiger partial charge in [-0.2, -0.15) is 0 Å². The van der Waals surface area contributed by atoms with Crippen LogP contribution in [0.5, 0.6) is 17.2 Å². The molecule has 12 nitrogen and oxygen atoms in total. The van der Waals surface area contributed by atoms with Crippen LogP contribution in [0.15, 0.2) is 90.1 Å². The smallest absolute Gasteiger partial charge is 0.239 e. The van der Waals surface area contributed by atoms with Gasteiger partial charge in [-0.15, -0.1) is 6.58 Å². The van der Waals surface area contributed by atoms with E-state index >= 15 is 4.79 Å². The Balaban J connectivity index is 1.34. The lowest BCUT2D eigenvalue weighted by Crippen LogP contribution is -2.70. The topological polar surface area (TPSA) is 149 Å². The van der Waals surface area contributed by atoms with E-state index in [0.29, 0.717) is 43.8 Å². The summed E-state index contributed by atoms with van der Waals surface area (Å²) in [5.41, 5.74) is 2.70. The number of hydrogen-bond donors (Lipinski definition) is 3. The first kappa shape index (κ1) is 53.5. The van der Waals surface area contributed by atoms with Crippen molar-refractivity contribution >= 4 is 22.4 Å².